The van der Waals surface area contributed by atoms with E-state index in [9.17, 15) is 9.18 Å². The second kappa shape index (κ2) is 8.83. The van der Waals surface area contributed by atoms with Gasteiger partial charge < -0.3 is 9.30 Å². The summed E-state index contributed by atoms with van der Waals surface area (Å²) < 4.78 is 22.2. The molecule has 0 unspecified atom stereocenters. The molecule has 0 amide bonds. The Morgan fingerprint density at radius 3 is 2.62 bits per heavy atom. The minimum Gasteiger partial charge on any atom is -0.496 e. The molecule has 32 heavy (non-hydrogen) atoms. The summed E-state index contributed by atoms with van der Waals surface area (Å²) in [5.41, 5.74) is 1.46. The van der Waals surface area contributed by atoms with Crippen LogP contribution in [0.25, 0.3) is 21.9 Å². The molecule has 5 nitrogen and oxygen atoms in total. The first kappa shape index (κ1) is 22.7. The van der Waals surface area contributed by atoms with E-state index in [2.05, 4.69) is 9.88 Å². The first-order valence-electron chi connectivity index (χ1n) is 10.9. The number of nitrogens with zero attached hydrogens (tertiary/aromatic N) is 3. The van der Waals surface area contributed by atoms with Crippen LogP contribution in [-0.4, -0.2) is 40.3 Å². The summed E-state index contributed by atoms with van der Waals surface area (Å²) in [6.07, 6.45) is 6.14. The second-order valence-electron chi connectivity index (χ2n) is 8.98. The number of aromatic nitrogens is 2. The van der Waals surface area contributed by atoms with Crippen molar-refractivity contribution in [1.29, 1.82) is 0 Å². The lowest BCUT2D eigenvalue weighted by atomic mass is 9.83. The lowest BCUT2D eigenvalue weighted by molar-refractivity contribution is 0.0170. The molecule has 1 aliphatic heterocycles. The molecule has 7 heteroatoms. The maximum atomic E-state index is 15.0. The number of halogens is 2. The molecule has 0 saturated carbocycles. The molecule has 0 spiro atoms. The van der Waals surface area contributed by atoms with Crippen molar-refractivity contribution in [2.24, 2.45) is 13.0 Å². The molecule has 0 radical (unpaired) electrons. The van der Waals surface area contributed by atoms with Gasteiger partial charge in [-0.2, -0.15) is 0 Å². The van der Waals surface area contributed by atoms with Crippen LogP contribution in [0.2, 0.25) is 5.02 Å². The number of hydrogen-bond donors (Lipinski definition) is 0. The van der Waals surface area contributed by atoms with Crippen LogP contribution < -0.4 is 10.3 Å². The van der Waals surface area contributed by atoms with Gasteiger partial charge in [-0.1, -0.05) is 25.4 Å². The molecule has 1 saturated heterocycles. The van der Waals surface area contributed by atoms with Gasteiger partial charge in [-0.05, 0) is 47.9 Å². The lowest BCUT2D eigenvalue weighted by Crippen LogP contribution is -2.44. The smallest absolute Gasteiger partial charge is 0.259 e. The highest BCUT2D eigenvalue weighted by molar-refractivity contribution is 6.32. The highest BCUT2D eigenvalue weighted by atomic mass is 35.5. The number of piperidine rings is 1. The summed E-state index contributed by atoms with van der Waals surface area (Å²) in [7, 11) is 3.35. The van der Waals surface area contributed by atoms with Crippen LogP contribution in [0.3, 0.4) is 0 Å². The molecule has 3 aromatic rings. The van der Waals surface area contributed by atoms with Crippen molar-refractivity contribution in [3.8, 4) is 16.9 Å². The summed E-state index contributed by atoms with van der Waals surface area (Å²) in [6.45, 7) is 5.89. The Kier molecular flexibility index (Phi) is 6.28. The molecular formula is C25H29ClFN3O2. The zero-order chi connectivity index (χ0) is 23.0. The van der Waals surface area contributed by atoms with Gasteiger partial charge in [0.2, 0.25) is 0 Å². The normalized spacial score (nSPS) is 16.6. The van der Waals surface area contributed by atoms with E-state index >= 15 is 0 Å². The van der Waals surface area contributed by atoms with Gasteiger partial charge in [-0.25, -0.2) is 4.39 Å². The number of pyridine rings is 2. The molecule has 0 atom stereocenters. The number of benzene rings is 1. The van der Waals surface area contributed by atoms with Crippen LogP contribution in [0.5, 0.6) is 5.75 Å². The maximum Gasteiger partial charge on any atom is 0.259 e. The van der Waals surface area contributed by atoms with Crippen LogP contribution in [-0.2, 0) is 13.6 Å². The van der Waals surface area contributed by atoms with Crippen molar-refractivity contribution in [1.82, 2.24) is 14.5 Å². The van der Waals surface area contributed by atoms with Crippen LogP contribution in [0.4, 0.5) is 4.39 Å². The van der Waals surface area contributed by atoms with Gasteiger partial charge in [0, 0.05) is 61.4 Å². The van der Waals surface area contributed by atoms with Crippen LogP contribution in [0, 0.1) is 5.92 Å². The van der Waals surface area contributed by atoms with Crippen molar-refractivity contribution in [3.63, 3.8) is 0 Å². The number of alkyl halides is 1. The molecular weight excluding hydrogens is 429 g/mol. The van der Waals surface area contributed by atoms with E-state index in [-0.39, 0.29) is 11.5 Å². The fourth-order valence-corrected chi connectivity index (χ4v) is 4.80. The van der Waals surface area contributed by atoms with E-state index in [1.165, 1.54) is 0 Å². The molecule has 1 aromatic carbocycles. The predicted octanol–water partition coefficient (Wildman–Crippen LogP) is 5.22. The molecule has 2 aromatic heterocycles. The summed E-state index contributed by atoms with van der Waals surface area (Å²) in [5, 5.41) is 1.97. The van der Waals surface area contributed by atoms with E-state index in [1.807, 2.05) is 38.2 Å². The Balaban J connectivity index is 1.68. The summed E-state index contributed by atoms with van der Waals surface area (Å²) >= 11 is 6.75. The SMILES string of the molecule is COc1cc(-c2cn(C)c(=O)c3cnccc23)cc(Cl)c1CN1CCC(F)(C(C)C)CC1. The zero-order valence-electron chi connectivity index (χ0n) is 19.0. The Hall–Kier alpha value is -2.44. The van der Waals surface area contributed by atoms with Gasteiger partial charge >= 0.3 is 0 Å². The topological polar surface area (TPSA) is 47.4 Å². The highest BCUT2D eigenvalue weighted by Crippen LogP contribution is 2.38. The number of aryl methyl sites for hydroxylation is 1. The highest BCUT2D eigenvalue weighted by Gasteiger charge is 2.37. The van der Waals surface area contributed by atoms with Gasteiger partial charge in [0.15, 0.2) is 0 Å². The summed E-state index contributed by atoms with van der Waals surface area (Å²) in [5.74, 6) is 0.707. The average molecular weight is 458 g/mol. The summed E-state index contributed by atoms with van der Waals surface area (Å²) in [4.78, 5) is 18.8. The Morgan fingerprint density at radius 2 is 1.97 bits per heavy atom. The molecule has 0 N–H and O–H groups in total. The molecule has 0 aliphatic carbocycles. The fourth-order valence-electron chi connectivity index (χ4n) is 4.53. The van der Waals surface area contributed by atoms with Gasteiger partial charge in [0.1, 0.15) is 11.4 Å². The molecule has 170 valence electrons. The number of hydrogen-bond acceptors (Lipinski definition) is 4. The van der Waals surface area contributed by atoms with Crippen molar-refractivity contribution in [2.45, 2.75) is 38.9 Å². The van der Waals surface area contributed by atoms with Crippen LogP contribution in [0.1, 0.15) is 32.3 Å². The quantitative estimate of drug-likeness (QED) is 0.526. The average Bonchev–Trinajstić information content (AvgIpc) is 2.78. The second-order valence-corrected chi connectivity index (χ2v) is 9.39. The van der Waals surface area contributed by atoms with Crippen molar-refractivity contribution in [3.05, 3.63) is 57.7 Å². The Morgan fingerprint density at radius 1 is 1.25 bits per heavy atom. The maximum absolute atomic E-state index is 15.0. The monoisotopic (exact) mass is 457 g/mol. The van der Waals surface area contributed by atoms with Gasteiger partial charge in [0.05, 0.1) is 12.5 Å². The minimum atomic E-state index is -1.09. The first-order valence-corrected chi connectivity index (χ1v) is 11.3. The fraction of sp³-hybridized carbons (Fsp3) is 0.440. The Bertz CT molecular complexity index is 1200. The number of methoxy groups -OCH3 is 1. The van der Waals surface area contributed by atoms with Crippen molar-refractivity contribution >= 4 is 22.4 Å². The number of rotatable bonds is 5. The minimum absolute atomic E-state index is 0.0221. The largest absolute Gasteiger partial charge is 0.496 e. The molecule has 1 fully saturated rings. The van der Waals surface area contributed by atoms with E-state index in [0.29, 0.717) is 48.6 Å². The van der Waals surface area contributed by atoms with Gasteiger partial charge in [-0.3, -0.25) is 14.7 Å². The number of likely N-dealkylation sites (tertiary alicyclic amines) is 1. The molecule has 1 aliphatic rings. The van der Waals surface area contributed by atoms with Crippen molar-refractivity contribution in [2.75, 3.05) is 20.2 Å². The van der Waals surface area contributed by atoms with Gasteiger partial charge in [0.25, 0.3) is 5.56 Å². The number of ether oxygens (including phenoxy) is 1. The standard InChI is InChI=1S/C25H29ClFN3O2/c1-16(2)25(27)6-9-30(10-7-25)15-21-22(26)11-17(12-23(21)32-4)20-14-29(3)24(31)19-13-28-8-5-18(19)20/h5,8,11-14,16H,6-7,9-10,15H2,1-4H3. The molecule has 4 rings (SSSR count). The molecule has 3 heterocycles. The lowest BCUT2D eigenvalue weighted by Gasteiger charge is -2.39. The van der Waals surface area contributed by atoms with Crippen LogP contribution in [0.15, 0.2) is 41.6 Å². The molecule has 0 bridgehead atoms. The van der Waals surface area contributed by atoms with E-state index < -0.39 is 5.67 Å². The third-order valence-corrected chi connectivity index (χ3v) is 7.11. The summed E-state index contributed by atoms with van der Waals surface area (Å²) in [6, 6.07) is 5.71. The van der Waals surface area contributed by atoms with E-state index in [0.717, 1.165) is 22.1 Å². The van der Waals surface area contributed by atoms with E-state index in [4.69, 9.17) is 16.3 Å². The number of fused-ring (bicyclic) bond motifs is 1. The zero-order valence-corrected chi connectivity index (χ0v) is 19.7. The van der Waals surface area contributed by atoms with Crippen molar-refractivity contribution < 1.29 is 9.13 Å². The first-order chi connectivity index (χ1) is 15.2. The van der Waals surface area contributed by atoms with Gasteiger partial charge in [-0.15, -0.1) is 0 Å². The Labute approximate surface area is 192 Å². The third-order valence-electron chi connectivity index (χ3n) is 6.77. The van der Waals surface area contributed by atoms with E-state index in [1.54, 1.807) is 31.1 Å². The predicted molar refractivity (Wildman–Crippen MR) is 127 cm³/mol. The third kappa shape index (κ3) is 4.14. The van der Waals surface area contributed by atoms with Crippen LogP contribution >= 0.6 is 11.6 Å².